The fraction of sp³-hybridized carbons (Fsp3) is 0.250. The van der Waals surface area contributed by atoms with Crippen LogP contribution in [-0.4, -0.2) is 0 Å². The summed E-state index contributed by atoms with van der Waals surface area (Å²) in [5.41, 5.74) is 4.66. The van der Waals surface area contributed by atoms with Crippen molar-refractivity contribution in [3.63, 3.8) is 0 Å². The Morgan fingerprint density at radius 3 is 0.500 bits per heavy atom. The van der Waals surface area contributed by atoms with Gasteiger partial charge in [-0.15, -0.1) is 35.5 Å². The van der Waals surface area contributed by atoms with Crippen LogP contribution >= 0.6 is 0 Å². The zero-order valence-electron chi connectivity index (χ0n) is 15.0. The Hall–Kier alpha value is -3.42. The number of rotatable bonds is 0. The molecular weight excluding hydrogens is 288 g/mol. The fourth-order valence-electron chi connectivity index (χ4n) is 2.25. The summed E-state index contributed by atoms with van der Waals surface area (Å²) in [7, 11) is 0. The van der Waals surface area contributed by atoms with Gasteiger partial charge in [0, 0.05) is 0 Å². The maximum atomic E-state index is 3.14. The summed E-state index contributed by atoms with van der Waals surface area (Å²) in [6.45, 7) is 10.8. The van der Waals surface area contributed by atoms with Crippen LogP contribution in [-0.2, 0) is 0 Å². The van der Waals surface area contributed by atoms with E-state index >= 15 is 0 Å². The van der Waals surface area contributed by atoms with Gasteiger partial charge in [-0.1, -0.05) is 35.5 Å². The first-order valence-electron chi connectivity index (χ1n) is 7.50. The van der Waals surface area contributed by atoms with E-state index in [9.17, 15) is 0 Å². The Balaban J connectivity index is 4.39. The van der Waals surface area contributed by atoms with Crippen molar-refractivity contribution in [2.75, 3.05) is 0 Å². The number of hydrogen-bond acceptors (Lipinski definition) is 0. The molecular formula is C24H18. The van der Waals surface area contributed by atoms with Crippen molar-refractivity contribution in [2.45, 2.75) is 41.5 Å². The van der Waals surface area contributed by atoms with Crippen LogP contribution in [0.1, 0.15) is 74.9 Å². The van der Waals surface area contributed by atoms with Crippen LogP contribution < -0.4 is 0 Å². The molecule has 0 aromatic heterocycles. The van der Waals surface area contributed by atoms with E-state index in [0.717, 1.165) is 33.4 Å². The lowest BCUT2D eigenvalue weighted by Gasteiger charge is -2.12. The standard InChI is InChI=1S/C24H18/c1-7-13-19-20(14-8-2)22(16-10-4)24(18-12-6)23(17-11-5)21(19)15-9-3/h1-6H3. The Labute approximate surface area is 146 Å². The first-order valence-corrected chi connectivity index (χ1v) is 7.50. The van der Waals surface area contributed by atoms with Gasteiger partial charge in [0.15, 0.2) is 0 Å². The molecule has 0 atom stereocenters. The van der Waals surface area contributed by atoms with E-state index in [1.807, 2.05) is 0 Å². The van der Waals surface area contributed by atoms with Gasteiger partial charge in [0.1, 0.15) is 0 Å². The minimum atomic E-state index is 0.776. The SMILES string of the molecule is CC#Cc1c(C#CC)c(C#CC)c(C#CC)c(C#CC)c1C#CC. The Morgan fingerprint density at radius 2 is 0.417 bits per heavy atom. The van der Waals surface area contributed by atoms with Crippen LogP contribution in [0.2, 0.25) is 0 Å². The molecule has 0 saturated carbocycles. The van der Waals surface area contributed by atoms with Crippen LogP contribution in [0.15, 0.2) is 0 Å². The van der Waals surface area contributed by atoms with Gasteiger partial charge in [-0.25, -0.2) is 0 Å². The van der Waals surface area contributed by atoms with Crippen molar-refractivity contribution in [3.05, 3.63) is 33.4 Å². The maximum Gasteiger partial charge on any atom is 0.0584 e. The Kier molecular flexibility index (Phi) is 7.43. The lowest BCUT2D eigenvalue weighted by atomic mass is 9.87. The fourth-order valence-corrected chi connectivity index (χ4v) is 2.25. The summed E-state index contributed by atoms with van der Waals surface area (Å²) in [6.07, 6.45) is 0. The van der Waals surface area contributed by atoms with Crippen molar-refractivity contribution >= 4 is 0 Å². The van der Waals surface area contributed by atoms with E-state index in [1.54, 1.807) is 41.5 Å². The monoisotopic (exact) mass is 306 g/mol. The molecule has 0 aliphatic heterocycles. The van der Waals surface area contributed by atoms with Crippen molar-refractivity contribution in [1.29, 1.82) is 0 Å². The Morgan fingerprint density at radius 1 is 0.292 bits per heavy atom. The predicted molar refractivity (Wildman–Crippen MR) is 102 cm³/mol. The lowest BCUT2D eigenvalue weighted by molar-refractivity contribution is 1.43. The molecule has 114 valence electrons. The second-order valence-electron chi connectivity index (χ2n) is 4.50. The highest BCUT2D eigenvalue weighted by Gasteiger charge is 2.19. The molecule has 0 aliphatic rings. The molecule has 1 rings (SSSR count). The summed E-state index contributed by atoms with van der Waals surface area (Å²) in [5, 5.41) is 0. The van der Waals surface area contributed by atoms with Gasteiger partial charge in [-0.2, -0.15) is 0 Å². The molecule has 0 unspecified atom stereocenters. The average Bonchev–Trinajstić information content (AvgIpc) is 2.57. The van der Waals surface area contributed by atoms with Gasteiger partial charge in [-0.3, -0.25) is 0 Å². The molecule has 1 aromatic carbocycles. The van der Waals surface area contributed by atoms with Crippen molar-refractivity contribution in [3.8, 4) is 71.0 Å². The van der Waals surface area contributed by atoms with Crippen molar-refractivity contribution < 1.29 is 0 Å². The number of benzene rings is 1. The summed E-state index contributed by atoms with van der Waals surface area (Å²) in [6, 6.07) is 0. The first-order chi connectivity index (χ1) is 11.7. The van der Waals surface area contributed by atoms with E-state index in [4.69, 9.17) is 0 Å². The maximum absolute atomic E-state index is 3.14. The highest BCUT2D eigenvalue weighted by Crippen LogP contribution is 2.26. The summed E-state index contributed by atoms with van der Waals surface area (Å²) in [4.78, 5) is 0. The molecule has 0 spiro atoms. The van der Waals surface area contributed by atoms with E-state index < -0.39 is 0 Å². The minimum absolute atomic E-state index is 0.776. The third-order valence-corrected chi connectivity index (χ3v) is 3.00. The number of hydrogen-bond donors (Lipinski definition) is 0. The third-order valence-electron chi connectivity index (χ3n) is 3.00. The largest absolute Gasteiger partial charge is 0.101 e. The molecule has 0 bridgehead atoms. The average molecular weight is 306 g/mol. The molecule has 0 saturated heterocycles. The third kappa shape index (κ3) is 3.86. The van der Waals surface area contributed by atoms with Crippen LogP contribution in [0.25, 0.3) is 0 Å². The molecule has 0 N–H and O–H groups in total. The second kappa shape index (κ2) is 9.57. The van der Waals surface area contributed by atoms with Crippen LogP contribution in [0.4, 0.5) is 0 Å². The Bertz CT molecular complexity index is 779. The summed E-state index contributed by atoms with van der Waals surface area (Å²) in [5.74, 6) is 36.6. The molecule has 0 heteroatoms. The van der Waals surface area contributed by atoms with E-state index in [0.29, 0.717) is 0 Å². The lowest BCUT2D eigenvalue weighted by Crippen LogP contribution is -2.04. The highest BCUT2D eigenvalue weighted by molar-refractivity contribution is 5.76. The van der Waals surface area contributed by atoms with Gasteiger partial charge in [0.2, 0.25) is 0 Å². The normalized spacial score (nSPS) is 7.25. The van der Waals surface area contributed by atoms with Crippen LogP contribution in [0.3, 0.4) is 0 Å². The van der Waals surface area contributed by atoms with Gasteiger partial charge in [0.25, 0.3) is 0 Å². The molecule has 0 fully saturated rings. The van der Waals surface area contributed by atoms with Crippen molar-refractivity contribution in [1.82, 2.24) is 0 Å². The molecule has 0 heterocycles. The van der Waals surface area contributed by atoms with E-state index in [-0.39, 0.29) is 0 Å². The quantitative estimate of drug-likeness (QED) is 0.637. The van der Waals surface area contributed by atoms with Crippen molar-refractivity contribution in [2.24, 2.45) is 0 Å². The minimum Gasteiger partial charge on any atom is -0.101 e. The molecule has 0 radical (unpaired) electrons. The van der Waals surface area contributed by atoms with Gasteiger partial charge >= 0.3 is 0 Å². The molecule has 0 aliphatic carbocycles. The van der Waals surface area contributed by atoms with E-state index in [1.165, 1.54) is 0 Å². The smallest absolute Gasteiger partial charge is 0.0584 e. The molecule has 24 heavy (non-hydrogen) atoms. The molecule has 0 amide bonds. The molecule has 1 aromatic rings. The predicted octanol–water partition coefficient (Wildman–Crippen LogP) is 3.92. The summed E-state index contributed by atoms with van der Waals surface area (Å²) < 4.78 is 0. The topological polar surface area (TPSA) is 0 Å². The zero-order chi connectivity index (χ0) is 17.9. The zero-order valence-corrected chi connectivity index (χ0v) is 15.0. The van der Waals surface area contributed by atoms with Gasteiger partial charge in [0.05, 0.1) is 33.4 Å². The highest BCUT2D eigenvalue weighted by atomic mass is 14.2. The summed E-state index contributed by atoms with van der Waals surface area (Å²) >= 11 is 0. The first kappa shape index (κ1) is 18.6. The van der Waals surface area contributed by atoms with Crippen LogP contribution in [0.5, 0.6) is 0 Å². The second-order valence-corrected chi connectivity index (χ2v) is 4.50. The van der Waals surface area contributed by atoms with Gasteiger partial charge < -0.3 is 0 Å². The van der Waals surface area contributed by atoms with E-state index in [2.05, 4.69) is 71.0 Å². The van der Waals surface area contributed by atoms with Gasteiger partial charge in [-0.05, 0) is 41.5 Å². The van der Waals surface area contributed by atoms with Crippen LogP contribution in [0, 0.1) is 71.0 Å². The molecule has 0 nitrogen and oxygen atoms in total.